The van der Waals surface area contributed by atoms with Crippen LogP contribution in [0.25, 0.3) is 0 Å². The highest BCUT2D eigenvalue weighted by atomic mass is 32.2. The molecule has 0 bridgehead atoms. The summed E-state index contributed by atoms with van der Waals surface area (Å²) < 4.78 is 30.2. The predicted molar refractivity (Wildman–Crippen MR) is 99.7 cm³/mol. The second-order valence-corrected chi connectivity index (χ2v) is 8.20. The topological polar surface area (TPSA) is 85.4 Å². The number of nitro groups is 1. The highest BCUT2D eigenvalue weighted by molar-refractivity contribution is 7.89. The highest BCUT2D eigenvalue weighted by Crippen LogP contribution is 2.36. The molecule has 3 aromatic rings. The quantitative estimate of drug-likeness (QED) is 0.511. The maximum atomic E-state index is 13.3. The van der Waals surface area contributed by atoms with Crippen LogP contribution in [0, 0.1) is 10.1 Å². The summed E-state index contributed by atoms with van der Waals surface area (Å²) in [5.41, 5.74) is 1.64. The van der Waals surface area contributed by atoms with Crippen molar-refractivity contribution in [3.05, 3.63) is 94.3 Å². The zero-order chi connectivity index (χ0) is 19.0. The van der Waals surface area contributed by atoms with Gasteiger partial charge in [-0.25, -0.2) is 8.42 Å². The summed E-state index contributed by atoms with van der Waals surface area (Å²) in [6.45, 7) is 0.873. The van der Waals surface area contributed by atoms with E-state index in [9.17, 15) is 18.5 Å². The number of nitrogens with zero attached hydrogens (tertiary/aromatic N) is 3. The maximum Gasteiger partial charge on any atom is 0.269 e. The van der Waals surface area contributed by atoms with Crippen molar-refractivity contribution < 1.29 is 13.3 Å². The number of non-ortho nitro benzene ring substituents is 1. The van der Waals surface area contributed by atoms with E-state index in [1.165, 1.54) is 28.6 Å². The average molecular weight is 383 g/mol. The number of rotatable bonds is 4. The van der Waals surface area contributed by atoms with Crippen molar-refractivity contribution in [2.75, 3.05) is 6.54 Å². The van der Waals surface area contributed by atoms with Crippen LogP contribution >= 0.6 is 0 Å². The van der Waals surface area contributed by atoms with Gasteiger partial charge in [-0.15, -0.1) is 0 Å². The second kappa shape index (κ2) is 6.64. The molecule has 1 unspecified atom stereocenters. The van der Waals surface area contributed by atoms with E-state index in [4.69, 9.17) is 0 Å². The normalized spacial score (nSPS) is 17.4. The monoisotopic (exact) mass is 383 g/mol. The van der Waals surface area contributed by atoms with Crippen LogP contribution in [0.15, 0.2) is 77.8 Å². The fourth-order valence-electron chi connectivity index (χ4n) is 3.47. The van der Waals surface area contributed by atoms with Gasteiger partial charge in [0.1, 0.15) is 0 Å². The van der Waals surface area contributed by atoms with Gasteiger partial charge in [0, 0.05) is 37.1 Å². The van der Waals surface area contributed by atoms with E-state index < -0.39 is 21.0 Å². The third-order valence-corrected chi connectivity index (χ3v) is 6.64. The number of nitro benzene ring substituents is 1. The fraction of sp³-hybridized carbons (Fsp3) is 0.158. The number of benzene rings is 2. The fourth-order valence-corrected chi connectivity index (χ4v) is 5.05. The van der Waals surface area contributed by atoms with Gasteiger partial charge in [0.2, 0.25) is 10.0 Å². The molecule has 0 saturated heterocycles. The standard InChI is InChI=1S/C19H17N3O4S/c23-22(24)16-8-10-17(11-9-16)27(25,26)21-14-13-20-12-4-7-18(20)19(21)15-5-2-1-3-6-15/h1-12,19H,13-14H2. The van der Waals surface area contributed by atoms with Crippen molar-refractivity contribution in [2.45, 2.75) is 17.5 Å². The minimum atomic E-state index is -3.83. The number of aromatic nitrogens is 1. The molecule has 1 aliphatic heterocycles. The molecule has 0 aliphatic carbocycles. The van der Waals surface area contributed by atoms with Crippen LogP contribution in [0.5, 0.6) is 0 Å². The number of fused-ring (bicyclic) bond motifs is 1. The second-order valence-electron chi connectivity index (χ2n) is 6.31. The maximum absolute atomic E-state index is 13.3. The lowest BCUT2D eigenvalue weighted by molar-refractivity contribution is -0.384. The molecule has 138 valence electrons. The molecule has 0 amide bonds. The van der Waals surface area contributed by atoms with Crippen LogP contribution in [0.4, 0.5) is 5.69 Å². The largest absolute Gasteiger partial charge is 0.348 e. The Balaban J connectivity index is 1.80. The van der Waals surface area contributed by atoms with Crippen molar-refractivity contribution in [1.82, 2.24) is 8.87 Å². The first-order chi connectivity index (χ1) is 13.0. The molecule has 2 aromatic carbocycles. The molecule has 7 nitrogen and oxygen atoms in total. The summed E-state index contributed by atoms with van der Waals surface area (Å²) in [6, 6.07) is 17.9. The van der Waals surface area contributed by atoms with Crippen molar-refractivity contribution in [1.29, 1.82) is 0 Å². The molecule has 27 heavy (non-hydrogen) atoms. The summed E-state index contributed by atoms with van der Waals surface area (Å²) in [5.74, 6) is 0. The molecule has 0 fully saturated rings. The Labute approximate surface area is 156 Å². The van der Waals surface area contributed by atoms with E-state index in [1.54, 1.807) is 0 Å². The number of sulfonamides is 1. The molecule has 0 saturated carbocycles. The van der Waals surface area contributed by atoms with E-state index in [1.807, 2.05) is 48.7 Å². The molecule has 8 heteroatoms. The van der Waals surface area contributed by atoms with Gasteiger partial charge >= 0.3 is 0 Å². The smallest absolute Gasteiger partial charge is 0.269 e. The van der Waals surface area contributed by atoms with Gasteiger partial charge in [-0.05, 0) is 29.8 Å². The van der Waals surface area contributed by atoms with Crippen molar-refractivity contribution >= 4 is 15.7 Å². The first kappa shape index (κ1) is 17.4. The van der Waals surface area contributed by atoms with E-state index in [-0.39, 0.29) is 10.6 Å². The van der Waals surface area contributed by atoms with Gasteiger partial charge in [-0.1, -0.05) is 30.3 Å². The highest BCUT2D eigenvalue weighted by Gasteiger charge is 2.37. The molecule has 4 rings (SSSR count). The summed E-state index contributed by atoms with van der Waals surface area (Å²) in [7, 11) is -3.83. The summed E-state index contributed by atoms with van der Waals surface area (Å²) in [4.78, 5) is 10.4. The molecule has 1 aromatic heterocycles. The summed E-state index contributed by atoms with van der Waals surface area (Å²) in [5, 5.41) is 10.9. The molecule has 0 spiro atoms. The van der Waals surface area contributed by atoms with Gasteiger partial charge < -0.3 is 4.57 Å². The van der Waals surface area contributed by atoms with E-state index in [2.05, 4.69) is 4.57 Å². The first-order valence-corrected chi connectivity index (χ1v) is 9.89. The third-order valence-electron chi connectivity index (χ3n) is 4.76. The first-order valence-electron chi connectivity index (χ1n) is 8.45. The van der Waals surface area contributed by atoms with Crippen molar-refractivity contribution in [2.24, 2.45) is 0 Å². The molecule has 0 N–H and O–H groups in total. The molecule has 2 heterocycles. The Bertz CT molecular complexity index is 1080. The van der Waals surface area contributed by atoms with Crippen LogP contribution in [0.3, 0.4) is 0 Å². The lowest BCUT2D eigenvalue weighted by Crippen LogP contribution is -2.42. The number of hydrogen-bond acceptors (Lipinski definition) is 4. The third kappa shape index (κ3) is 3.02. The minimum absolute atomic E-state index is 0.0500. The predicted octanol–water partition coefficient (Wildman–Crippen LogP) is 3.19. The molecular formula is C19H17N3O4S. The Kier molecular flexibility index (Phi) is 4.29. The molecule has 1 aliphatic rings. The number of hydrogen-bond donors (Lipinski definition) is 0. The van der Waals surface area contributed by atoms with Crippen LogP contribution < -0.4 is 0 Å². The van der Waals surface area contributed by atoms with Crippen molar-refractivity contribution in [3.63, 3.8) is 0 Å². The van der Waals surface area contributed by atoms with E-state index in [0.29, 0.717) is 13.1 Å². The van der Waals surface area contributed by atoms with Crippen LogP contribution in [-0.2, 0) is 16.6 Å². The zero-order valence-corrected chi connectivity index (χ0v) is 15.1. The van der Waals surface area contributed by atoms with Crippen molar-refractivity contribution in [3.8, 4) is 0 Å². The van der Waals surface area contributed by atoms with Crippen LogP contribution in [-0.4, -0.2) is 28.8 Å². The van der Waals surface area contributed by atoms with Gasteiger partial charge in [0.15, 0.2) is 0 Å². The Morgan fingerprint density at radius 2 is 1.63 bits per heavy atom. The zero-order valence-electron chi connectivity index (χ0n) is 14.3. The lowest BCUT2D eigenvalue weighted by atomic mass is 10.0. The average Bonchev–Trinajstić information content (AvgIpc) is 3.16. The summed E-state index contributed by atoms with van der Waals surface area (Å²) in [6.07, 6.45) is 1.95. The lowest BCUT2D eigenvalue weighted by Gasteiger charge is -2.36. The Morgan fingerprint density at radius 3 is 2.30 bits per heavy atom. The van der Waals surface area contributed by atoms with Crippen LogP contribution in [0.1, 0.15) is 17.3 Å². The minimum Gasteiger partial charge on any atom is -0.348 e. The van der Waals surface area contributed by atoms with Gasteiger partial charge in [-0.3, -0.25) is 10.1 Å². The molecule has 0 radical (unpaired) electrons. The molecular weight excluding hydrogens is 366 g/mol. The molecule has 1 atom stereocenters. The Morgan fingerprint density at radius 1 is 0.926 bits per heavy atom. The van der Waals surface area contributed by atoms with E-state index >= 15 is 0 Å². The van der Waals surface area contributed by atoms with Crippen LogP contribution in [0.2, 0.25) is 0 Å². The SMILES string of the molecule is O=[N+]([O-])c1ccc(S(=O)(=O)N2CCn3cccc3C2c2ccccc2)cc1. The van der Waals surface area contributed by atoms with Gasteiger partial charge in [0.25, 0.3) is 5.69 Å². The van der Waals surface area contributed by atoms with E-state index in [0.717, 1.165) is 11.3 Å². The van der Waals surface area contributed by atoms with Gasteiger partial charge in [0.05, 0.1) is 15.9 Å². The Hall–Kier alpha value is -2.97. The van der Waals surface area contributed by atoms with Gasteiger partial charge in [-0.2, -0.15) is 4.31 Å². The summed E-state index contributed by atoms with van der Waals surface area (Å²) >= 11 is 0.